The van der Waals surface area contributed by atoms with Gasteiger partial charge in [0.1, 0.15) is 5.69 Å². The lowest BCUT2D eigenvalue weighted by Gasteiger charge is -2.18. The zero-order chi connectivity index (χ0) is 19.8. The molecule has 0 atom stereocenters. The summed E-state index contributed by atoms with van der Waals surface area (Å²) in [7, 11) is 1.89. The molecular weight excluding hydrogens is 350 g/mol. The number of anilines is 2. The highest BCUT2D eigenvalue weighted by atomic mass is 16.2. The van der Waals surface area contributed by atoms with Crippen molar-refractivity contribution in [2.24, 2.45) is 7.05 Å². The number of carbonyl (C=O) groups excluding carboxylic acids is 2. The number of carbonyl (C=O) groups is 2. The highest BCUT2D eigenvalue weighted by molar-refractivity contribution is 6.17. The van der Waals surface area contributed by atoms with E-state index in [1.54, 1.807) is 4.90 Å². The average molecular weight is 375 g/mol. The summed E-state index contributed by atoms with van der Waals surface area (Å²) in [5.41, 5.74) is 5.28. The Labute approximate surface area is 165 Å². The minimum absolute atomic E-state index is 0.0790. The molecule has 1 saturated heterocycles. The average Bonchev–Trinajstić information content (AvgIpc) is 3.22. The first-order valence-corrected chi connectivity index (χ1v) is 9.79. The predicted molar refractivity (Wildman–Crippen MR) is 113 cm³/mol. The van der Waals surface area contributed by atoms with Gasteiger partial charge in [-0.05, 0) is 49.6 Å². The third-order valence-corrected chi connectivity index (χ3v) is 5.51. The van der Waals surface area contributed by atoms with Gasteiger partial charge in [0.2, 0.25) is 5.91 Å². The lowest BCUT2D eigenvalue weighted by atomic mass is 10.1. The fourth-order valence-electron chi connectivity index (χ4n) is 3.97. The Morgan fingerprint density at radius 3 is 2.54 bits per heavy atom. The molecule has 1 aromatic heterocycles. The van der Waals surface area contributed by atoms with Crippen LogP contribution in [0.5, 0.6) is 0 Å². The predicted octanol–water partition coefficient (Wildman–Crippen LogP) is 4.43. The molecule has 0 spiro atoms. The van der Waals surface area contributed by atoms with E-state index in [9.17, 15) is 9.59 Å². The van der Waals surface area contributed by atoms with Crippen molar-refractivity contribution in [3.05, 3.63) is 59.3 Å². The zero-order valence-electron chi connectivity index (χ0n) is 16.6. The van der Waals surface area contributed by atoms with Gasteiger partial charge < -0.3 is 14.8 Å². The number of hydrogen-bond acceptors (Lipinski definition) is 2. The molecule has 2 heterocycles. The van der Waals surface area contributed by atoms with Crippen LogP contribution >= 0.6 is 0 Å². The van der Waals surface area contributed by atoms with Crippen LogP contribution in [0, 0.1) is 6.92 Å². The summed E-state index contributed by atoms with van der Waals surface area (Å²) in [6.07, 6.45) is 2.31. The van der Waals surface area contributed by atoms with Crippen LogP contribution in [0.1, 0.15) is 41.4 Å². The monoisotopic (exact) mass is 375 g/mol. The molecule has 1 fully saturated rings. The number of aromatic nitrogens is 1. The third kappa shape index (κ3) is 3.07. The van der Waals surface area contributed by atoms with E-state index in [-0.39, 0.29) is 11.8 Å². The van der Waals surface area contributed by atoms with Crippen LogP contribution < -0.4 is 10.2 Å². The Morgan fingerprint density at radius 1 is 1.14 bits per heavy atom. The minimum Gasteiger partial charge on any atom is -0.338 e. The van der Waals surface area contributed by atoms with E-state index in [4.69, 9.17) is 0 Å². The van der Waals surface area contributed by atoms with Crippen molar-refractivity contribution in [1.82, 2.24) is 4.57 Å². The topological polar surface area (TPSA) is 54.3 Å². The van der Waals surface area contributed by atoms with E-state index in [2.05, 4.69) is 18.3 Å². The molecule has 5 nitrogen and oxygen atoms in total. The van der Waals surface area contributed by atoms with Gasteiger partial charge in [-0.25, -0.2) is 0 Å². The van der Waals surface area contributed by atoms with Gasteiger partial charge >= 0.3 is 0 Å². The van der Waals surface area contributed by atoms with Crippen LogP contribution in [-0.4, -0.2) is 22.9 Å². The lowest BCUT2D eigenvalue weighted by Crippen LogP contribution is -2.27. The number of rotatable bonds is 4. The van der Waals surface area contributed by atoms with Gasteiger partial charge in [-0.1, -0.05) is 30.7 Å². The van der Waals surface area contributed by atoms with E-state index in [0.29, 0.717) is 18.7 Å². The minimum atomic E-state index is -0.199. The summed E-state index contributed by atoms with van der Waals surface area (Å²) in [4.78, 5) is 27.5. The first-order valence-electron chi connectivity index (χ1n) is 9.79. The normalized spacial score (nSPS) is 14.1. The van der Waals surface area contributed by atoms with Crippen LogP contribution in [0.4, 0.5) is 11.4 Å². The molecule has 2 amide bonds. The van der Waals surface area contributed by atoms with Gasteiger partial charge in [-0.2, -0.15) is 0 Å². The van der Waals surface area contributed by atoms with Gasteiger partial charge in [-0.3, -0.25) is 9.59 Å². The Morgan fingerprint density at radius 2 is 1.89 bits per heavy atom. The second-order valence-electron chi connectivity index (χ2n) is 7.43. The van der Waals surface area contributed by atoms with Crippen molar-refractivity contribution in [1.29, 1.82) is 0 Å². The Bertz CT molecular complexity index is 1060. The van der Waals surface area contributed by atoms with Crippen LogP contribution in [0.3, 0.4) is 0 Å². The molecule has 4 rings (SSSR count). The molecule has 0 saturated carbocycles. The number of benzene rings is 2. The van der Waals surface area contributed by atoms with Gasteiger partial charge in [0, 0.05) is 31.1 Å². The van der Waals surface area contributed by atoms with Crippen molar-refractivity contribution < 1.29 is 9.59 Å². The molecule has 0 bridgehead atoms. The highest BCUT2D eigenvalue weighted by Gasteiger charge is 2.31. The van der Waals surface area contributed by atoms with Crippen molar-refractivity contribution in [3.8, 4) is 0 Å². The summed E-state index contributed by atoms with van der Waals surface area (Å²) in [6, 6.07) is 14.0. The molecule has 1 N–H and O–H groups in total. The molecule has 5 heteroatoms. The second-order valence-corrected chi connectivity index (χ2v) is 7.43. The highest BCUT2D eigenvalue weighted by Crippen LogP contribution is 2.36. The Hall–Kier alpha value is -3.08. The van der Waals surface area contributed by atoms with Crippen LogP contribution in [0.2, 0.25) is 0 Å². The largest absolute Gasteiger partial charge is 0.338 e. The van der Waals surface area contributed by atoms with Gasteiger partial charge in [0.15, 0.2) is 0 Å². The number of aryl methyl sites for hydroxylation is 3. The maximum absolute atomic E-state index is 13.3. The van der Waals surface area contributed by atoms with Gasteiger partial charge in [0.05, 0.1) is 11.2 Å². The van der Waals surface area contributed by atoms with Gasteiger partial charge in [0.25, 0.3) is 5.91 Å². The summed E-state index contributed by atoms with van der Waals surface area (Å²) < 4.78 is 1.89. The molecule has 28 heavy (non-hydrogen) atoms. The van der Waals surface area contributed by atoms with E-state index >= 15 is 0 Å². The molecule has 0 radical (unpaired) electrons. The summed E-state index contributed by atoms with van der Waals surface area (Å²) >= 11 is 0. The van der Waals surface area contributed by atoms with E-state index in [1.807, 2.05) is 54.9 Å². The summed E-state index contributed by atoms with van der Waals surface area (Å²) in [5.74, 6) is -0.120. The Balaban J connectivity index is 1.81. The fourth-order valence-corrected chi connectivity index (χ4v) is 3.97. The van der Waals surface area contributed by atoms with Crippen molar-refractivity contribution in [2.45, 2.75) is 33.1 Å². The number of nitrogens with zero attached hydrogens (tertiary/aromatic N) is 2. The molecular formula is C23H25N3O2. The molecule has 3 aromatic rings. The zero-order valence-corrected chi connectivity index (χ0v) is 16.6. The van der Waals surface area contributed by atoms with E-state index in [1.165, 1.54) is 5.56 Å². The molecule has 0 aliphatic carbocycles. The lowest BCUT2D eigenvalue weighted by molar-refractivity contribution is -0.117. The number of amides is 2. The third-order valence-electron chi connectivity index (χ3n) is 5.51. The molecule has 0 unspecified atom stereocenters. The fraction of sp³-hybridized carbons (Fsp3) is 0.304. The summed E-state index contributed by atoms with van der Waals surface area (Å²) in [5, 5.41) is 3.96. The van der Waals surface area contributed by atoms with Crippen LogP contribution in [0.25, 0.3) is 10.9 Å². The van der Waals surface area contributed by atoms with Crippen molar-refractivity contribution >= 4 is 34.1 Å². The molecule has 1 aliphatic heterocycles. The van der Waals surface area contributed by atoms with Crippen LogP contribution in [-0.2, 0) is 18.3 Å². The maximum Gasteiger partial charge on any atom is 0.274 e. The van der Waals surface area contributed by atoms with Crippen molar-refractivity contribution in [2.75, 3.05) is 16.8 Å². The van der Waals surface area contributed by atoms with Crippen molar-refractivity contribution in [3.63, 3.8) is 0 Å². The Kier molecular flexibility index (Phi) is 4.67. The SMILES string of the molecule is CCc1ccc(NC(=O)c2c(N3CCCC3=O)c3cc(C)ccc3n2C)cc1. The second kappa shape index (κ2) is 7.15. The number of fused-ring (bicyclic) bond motifs is 1. The first-order chi connectivity index (χ1) is 13.5. The molecule has 2 aromatic carbocycles. The maximum atomic E-state index is 13.3. The molecule has 1 aliphatic rings. The smallest absolute Gasteiger partial charge is 0.274 e. The van der Waals surface area contributed by atoms with Crippen LogP contribution in [0.15, 0.2) is 42.5 Å². The summed E-state index contributed by atoms with van der Waals surface area (Å²) in [6.45, 7) is 4.78. The molecule has 144 valence electrons. The van der Waals surface area contributed by atoms with Gasteiger partial charge in [-0.15, -0.1) is 0 Å². The first kappa shape index (κ1) is 18.3. The van der Waals surface area contributed by atoms with E-state index in [0.717, 1.165) is 40.7 Å². The number of hydrogen-bond donors (Lipinski definition) is 1. The standard InChI is InChI=1S/C23H25N3O2/c1-4-16-8-10-17(11-9-16)24-23(28)22-21(26-13-5-6-20(26)27)18-14-15(2)7-12-19(18)25(22)3/h7-12,14H,4-6,13H2,1-3H3,(H,24,28). The quantitative estimate of drug-likeness (QED) is 0.733. The van der Waals surface area contributed by atoms with E-state index < -0.39 is 0 Å². The number of nitrogens with one attached hydrogen (secondary N) is 1.